The first-order chi connectivity index (χ1) is 8.78. The maximum atomic E-state index is 4.70. The van der Waals surface area contributed by atoms with Crippen LogP contribution < -0.4 is 0 Å². The fourth-order valence-electron chi connectivity index (χ4n) is 2.15. The van der Waals surface area contributed by atoms with E-state index in [-0.39, 0.29) is 0 Å². The van der Waals surface area contributed by atoms with Gasteiger partial charge in [0.2, 0.25) is 0 Å². The van der Waals surface area contributed by atoms with Crippen molar-refractivity contribution in [3.63, 3.8) is 0 Å². The van der Waals surface area contributed by atoms with Crippen molar-refractivity contribution in [2.24, 2.45) is 0 Å². The van der Waals surface area contributed by atoms with Crippen molar-refractivity contribution in [1.29, 1.82) is 0 Å². The number of H-pyrrole nitrogens is 1. The Kier molecular flexibility index (Phi) is 3.04. The highest BCUT2D eigenvalue weighted by Crippen LogP contribution is 2.24. The minimum atomic E-state index is 0.977. The van der Waals surface area contributed by atoms with Crippen LogP contribution in [0.5, 0.6) is 0 Å². The minimum absolute atomic E-state index is 0.977. The molecule has 92 valence electrons. The van der Waals surface area contributed by atoms with Crippen LogP contribution in [0.15, 0.2) is 28.9 Å². The summed E-state index contributed by atoms with van der Waals surface area (Å²) in [5.41, 5.74) is 3.03. The fraction of sp³-hybridized carbons (Fsp3) is 0.286. The van der Waals surface area contributed by atoms with Crippen molar-refractivity contribution in [1.82, 2.24) is 15.0 Å². The molecule has 1 aromatic carbocycles. The number of rotatable bonds is 3. The Bertz CT molecular complexity index is 703. The smallest absolute Gasteiger partial charge is 0.107 e. The normalized spacial score (nSPS) is 11.4. The third-order valence-electron chi connectivity index (χ3n) is 3.10. The van der Waals surface area contributed by atoms with Crippen LogP contribution in [0, 0.1) is 0 Å². The third kappa shape index (κ3) is 2.01. The molecule has 0 amide bonds. The van der Waals surface area contributed by atoms with Gasteiger partial charge in [-0.3, -0.25) is 4.98 Å². The molecule has 3 nitrogen and oxygen atoms in total. The number of halogens is 1. The molecule has 0 spiro atoms. The lowest BCUT2D eigenvalue weighted by Gasteiger charge is -1.97. The third-order valence-corrected chi connectivity index (χ3v) is 3.59. The molecular formula is C14H14BrN3. The predicted octanol–water partition coefficient (Wildman–Crippen LogP) is 4.22. The zero-order valence-electron chi connectivity index (χ0n) is 10.2. The molecule has 0 bridgehead atoms. The molecule has 3 rings (SSSR count). The molecule has 0 aliphatic rings. The second kappa shape index (κ2) is 4.69. The van der Waals surface area contributed by atoms with Crippen LogP contribution in [-0.4, -0.2) is 15.0 Å². The number of hydrogen-bond acceptors (Lipinski definition) is 2. The molecule has 0 saturated heterocycles. The number of fused-ring (bicyclic) bond motifs is 3. The van der Waals surface area contributed by atoms with Crippen molar-refractivity contribution in [2.75, 3.05) is 0 Å². The second-order valence-corrected chi connectivity index (χ2v) is 5.38. The largest absolute Gasteiger partial charge is 0.341 e. The van der Waals surface area contributed by atoms with Gasteiger partial charge in [0.1, 0.15) is 5.82 Å². The van der Waals surface area contributed by atoms with Gasteiger partial charge in [-0.05, 0) is 24.6 Å². The number of benzene rings is 1. The standard InChI is InChI=1S/C14H14BrN3/c1-2-3-4-13-17-12-8-16-11-7-9(15)5-6-10(11)14(12)18-13/h5-8H,2-4H2,1H3,(H,17,18). The highest BCUT2D eigenvalue weighted by atomic mass is 79.9. The summed E-state index contributed by atoms with van der Waals surface area (Å²) in [5, 5.41) is 1.11. The highest BCUT2D eigenvalue weighted by Gasteiger charge is 2.07. The van der Waals surface area contributed by atoms with Crippen molar-refractivity contribution < 1.29 is 0 Å². The van der Waals surface area contributed by atoms with Gasteiger partial charge < -0.3 is 4.98 Å². The van der Waals surface area contributed by atoms with Crippen LogP contribution in [-0.2, 0) is 6.42 Å². The van der Waals surface area contributed by atoms with E-state index in [2.05, 4.69) is 38.9 Å². The molecule has 1 N–H and O–H groups in total. The number of nitrogens with zero attached hydrogens (tertiary/aromatic N) is 2. The zero-order chi connectivity index (χ0) is 12.5. The lowest BCUT2D eigenvalue weighted by Crippen LogP contribution is -1.86. The van der Waals surface area contributed by atoms with Gasteiger partial charge >= 0.3 is 0 Å². The molecule has 18 heavy (non-hydrogen) atoms. The molecule has 0 aliphatic carbocycles. The van der Waals surface area contributed by atoms with Crippen molar-refractivity contribution >= 4 is 37.9 Å². The predicted molar refractivity (Wildman–Crippen MR) is 77.7 cm³/mol. The first-order valence-electron chi connectivity index (χ1n) is 6.21. The Morgan fingerprint density at radius 2 is 2.22 bits per heavy atom. The van der Waals surface area contributed by atoms with E-state index in [4.69, 9.17) is 4.98 Å². The summed E-state index contributed by atoms with van der Waals surface area (Å²) < 4.78 is 1.04. The van der Waals surface area contributed by atoms with Crippen molar-refractivity contribution in [3.8, 4) is 0 Å². The van der Waals surface area contributed by atoms with Gasteiger partial charge in [-0.2, -0.15) is 0 Å². The molecule has 0 atom stereocenters. The van der Waals surface area contributed by atoms with E-state index in [1.165, 1.54) is 6.42 Å². The molecule has 0 aliphatic heterocycles. The SMILES string of the molecule is CCCCc1nc2c(cnc3cc(Br)ccc32)[nH]1. The molecule has 3 aromatic rings. The van der Waals surface area contributed by atoms with Gasteiger partial charge in [0.05, 0.1) is 22.7 Å². The summed E-state index contributed by atoms with van der Waals surface area (Å²) in [5.74, 6) is 1.06. The van der Waals surface area contributed by atoms with Crippen LogP contribution in [0.2, 0.25) is 0 Å². The molecule has 0 fully saturated rings. The van der Waals surface area contributed by atoms with E-state index in [1.807, 2.05) is 18.3 Å². The van der Waals surface area contributed by atoms with E-state index >= 15 is 0 Å². The van der Waals surface area contributed by atoms with Crippen LogP contribution in [0.3, 0.4) is 0 Å². The van der Waals surface area contributed by atoms with E-state index in [9.17, 15) is 0 Å². The Balaban J connectivity index is 2.17. The lowest BCUT2D eigenvalue weighted by atomic mass is 10.2. The van der Waals surface area contributed by atoms with Gasteiger partial charge in [-0.25, -0.2) is 4.98 Å². The van der Waals surface area contributed by atoms with Gasteiger partial charge in [0, 0.05) is 16.3 Å². The first kappa shape index (κ1) is 11.7. The Morgan fingerprint density at radius 1 is 1.33 bits per heavy atom. The van der Waals surface area contributed by atoms with E-state index in [1.54, 1.807) is 0 Å². The fourth-order valence-corrected chi connectivity index (χ4v) is 2.49. The van der Waals surface area contributed by atoms with Crippen LogP contribution in [0.1, 0.15) is 25.6 Å². The molecule has 0 radical (unpaired) electrons. The Morgan fingerprint density at radius 3 is 3.06 bits per heavy atom. The monoisotopic (exact) mass is 303 g/mol. The van der Waals surface area contributed by atoms with E-state index in [0.29, 0.717) is 0 Å². The van der Waals surface area contributed by atoms with Crippen LogP contribution >= 0.6 is 15.9 Å². The second-order valence-electron chi connectivity index (χ2n) is 4.47. The number of aromatic nitrogens is 3. The molecule has 4 heteroatoms. The molecule has 0 unspecified atom stereocenters. The summed E-state index contributed by atoms with van der Waals surface area (Å²) in [7, 11) is 0. The van der Waals surface area contributed by atoms with E-state index in [0.717, 1.165) is 45.1 Å². The summed E-state index contributed by atoms with van der Waals surface area (Å²) in [6.07, 6.45) is 5.22. The number of aromatic amines is 1. The molecule has 0 saturated carbocycles. The number of hydrogen-bond donors (Lipinski definition) is 1. The lowest BCUT2D eigenvalue weighted by molar-refractivity contribution is 0.765. The molecule has 2 heterocycles. The molecular weight excluding hydrogens is 290 g/mol. The Labute approximate surface area is 114 Å². The summed E-state index contributed by atoms with van der Waals surface area (Å²) in [4.78, 5) is 12.5. The number of pyridine rings is 1. The average Bonchev–Trinajstić information content (AvgIpc) is 2.79. The number of nitrogens with one attached hydrogen (secondary N) is 1. The maximum absolute atomic E-state index is 4.70. The van der Waals surface area contributed by atoms with Gasteiger partial charge in [-0.15, -0.1) is 0 Å². The average molecular weight is 304 g/mol. The Hall–Kier alpha value is -1.42. The van der Waals surface area contributed by atoms with Crippen LogP contribution in [0.4, 0.5) is 0 Å². The van der Waals surface area contributed by atoms with Gasteiger partial charge in [0.15, 0.2) is 0 Å². The van der Waals surface area contributed by atoms with E-state index < -0.39 is 0 Å². The van der Waals surface area contributed by atoms with Gasteiger partial charge in [-0.1, -0.05) is 29.3 Å². The first-order valence-corrected chi connectivity index (χ1v) is 7.00. The summed E-state index contributed by atoms with van der Waals surface area (Å²) in [6.45, 7) is 2.19. The number of aryl methyl sites for hydroxylation is 1. The highest BCUT2D eigenvalue weighted by molar-refractivity contribution is 9.10. The maximum Gasteiger partial charge on any atom is 0.107 e. The van der Waals surface area contributed by atoms with Crippen LogP contribution in [0.25, 0.3) is 21.9 Å². The van der Waals surface area contributed by atoms with Gasteiger partial charge in [0.25, 0.3) is 0 Å². The quantitative estimate of drug-likeness (QED) is 0.787. The minimum Gasteiger partial charge on any atom is -0.341 e. The number of unbranched alkanes of at least 4 members (excludes halogenated alkanes) is 1. The summed E-state index contributed by atoms with van der Waals surface area (Å²) >= 11 is 3.47. The van der Waals surface area contributed by atoms with Crippen molar-refractivity contribution in [2.45, 2.75) is 26.2 Å². The topological polar surface area (TPSA) is 41.6 Å². The van der Waals surface area contributed by atoms with Crippen molar-refractivity contribution in [3.05, 3.63) is 34.7 Å². The zero-order valence-corrected chi connectivity index (χ0v) is 11.8. The molecule has 2 aromatic heterocycles. The number of imidazole rings is 1. The summed E-state index contributed by atoms with van der Waals surface area (Å²) in [6, 6.07) is 6.12.